The zero-order chi connectivity index (χ0) is 80.3. The number of carboxylic acid groups (broad SMARTS) is 2. The number of fused-ring (bicyclic) bond motifs is 3. The van der Waals surface area contributed by atoms with Crippen LogP contribution in [-0.4, -0.2) is 124 Å². The molecule has 0 unspecified atom stereocenters. The van der Waals surface area contributed by atoms with Crippen LogP contribution in [0.1, 0.15) is 135 Å². The van der Waals surface area contributed by atoms with Crippen LogP contribution in [0.2, 0.25) is 0 Å². The SMILES string of the molecule is CCCCCCOc1ccc(-c2ccc(N(c3ccc(-c4ccc(OCCCCCC)cc4OCCCCCC)cc3)c3ccc(-c4sc(-c5sc(-c6sc(C(=C(C(=O)O)C(=O)O)C(F)(F)C(F)(F)C(F)(F)C(F)(F)C(F)(F)C(F)(F)F)c7c6OCCO7)c6c5OCCO6)c5c4OCCO5)s3)cc2)c(OCCCCCC)c1. The Balaban J connectivity index is 1.00. The average Bonchev–Trinajstić information content (AvgIpc) is 0.960. The molecule has 11 rings (SSSR count). The van der Waals surface area contributed by atoms with Crippen LogP contribution < -0.4 is 52.3 Å². The number of thiophene rings is 4. The Morgan fingerprint density at radius 3 is 1.14 bits per heavy atom. The predicted octanol–water partition coefficient (Wildman–Crippen LogP) is 24.5. The van der Waals surface area contributed by atoms with Crippen LogP contribution in [-0.2, 0) is 9.59 Å². The van der Waals surface area contributed by atoms with E-state index in [1.165, 1.54) is 11.3 Å². The maximum absolute atomic E-state index is 16.8. The van der Waals surface area contributed by atoms with Gasteiger partial charge in [-0.05, 0) is 97.5 Å². The fourth-order valence-electron chi connectivity index (χ4n) is 12.7. The van der Waals surface area contributed by atoms with Crippen molar-refractivity contribution in [3.05, 3.63) is 108 Å². The molecule has 15 nitrogen and oxygen atoms in total. The largest absolute Gasteiger partial charge is 0.493 e. The molecule has 8 aromatic rings. The zero-order valence-corrected chi connectivity index (χ0v) is 64.7. The summed E-state index contributed by atoms with van der Waals surface area (Å²) in [5.74, 6) is -46.1. The van der Waals surface area contributed by atoms with Crippen LogP contribution in [0.25, 0.3) is 57.1 Å². The molecule has 606 valence electrons. The van der Waals surface area contributed by atoms with Gasteiger partial charge in [-0.3, -0.25) is 0 Å². The second-order valence-corrected chi connectivity index (χ2v) is 30.7. The van der Waals surface area contributed by atoms with E-state index in [1.807, 2.05) is 97.1 Å². The summed E-state index contributed by atoms with van der Waals surface area (Å²) in [6, 6.07) is 31.7. The Kier molecular flexibility index (Phi) is 27.2. The van der Waals surface area contributed by atoms with Crippen LogP contribution in [0.4, 0.5) is 73.5 Å². The molecular formula is C80H82F13NO14S4. The minimum atomic E-state index is -8.45. The van der Waals surface area contributed by atoms with E-state index < -0.39 is 93.3 Å². The third-order valence-corrected chi connectivity index (χ3v) is 23.7. The summed E-state index contributed by atoms with van der Waals surface area (Å²) in [5.41, 5.74) is -1.25. The van der Waals surface area contributed by atoms with Gasteiger partial charge >= 0.3 is 47.7 Å². The summed E-state index contributed by atoms with van der Waals surface area (Å²) in [6.45, 7) is 9.10. The minimum Gasteiger partial charge on any atom is -0.493 e. The monoisotopic (exact) mass is 1660 g/mol. The number of allylic oxidation sites excluding steroid dienone is 1. The summed E-state index contributed by atoms with van der Waals surface area (Å²) in [6.07, 6.45) is 8.67. The molecule has 3 aliphatic rings. The third-order valence-electron chi connectivity index (χ3n) is 18.6. The van der Waals surface area contributed by atoms with E-state index in [-0.39, 0.29) is 75.4 Å². The number of carboxylic acids is 2. The van der Waals surface area contributed by atoms with Crippen LogP contribution in [0.5, 0.6) is 57.5 Å². The number of aliphatic carboxylic acids is 2. The van der Waals surface area contributed by atoms with Gasteiger partial charge in [0.15, 0.2) is 40.1 Å². The highest BCUT2D eigenvalue weighted by atomic mass is 32.1. The first-order chi connectivity index (χ1) is 53.5. The molecule has 0 radical (unpaired) electrons. The Morgan fingerprint density at radius 1 is 0.393 bits per heavy atom. The van der Waals surface area contributed by atoms with Crippen molar-refractivity contribution in [3.63, 3.8) is 0 Å². The van der Waals surface area contributed by atoms with Crippen molar-refractivity contribution in [2.24, 2.45) is 0 Å². The van der Waals surface area contributed by atoms with Gasteiger partial charge in [-0.1, -0.05) is 129 Å². The highest BCUT2D eigenvalue weighted by Crippen LogP contribution is 2.68. The molecule has 4 aromatic heterocycles. The molecule has 0 fully saturated rings. The molecular weight excluding hydrogens is 1570 g/mol. The van der Waals surface area contributed by atoms with Gasteiger partial charge in [0.05, 0.1) is 66.1 Å². The van der Waals surface area contributed by atoms with Crippen LogP contribution in [0.3, 0.4) is 0 Å². The fourth-order valence-corrected chi connectivity index (χ4v) is 17.8. The first kappa shape index (κ1) is 84.2. The zero-order valence-electron chi connectivity index (χ0n) is 61.4. The number of rotatable bonds is 40. The highest BCUT2D eigenvalue weighted by molar-refractivity contribution is 7.30. The summed E-state index contributed by atoms with van der Waals surface area (Å²) < 4.78 is 256. The third kappa shape index (κ3) is 17.3. The Morgan fingerprint density at radius 2 is 0.750 bits per heavy atom. The van der Waals surface area contributed by atoms with E-state index >= 15 is 26.3 Å². The van der Waals surface area contributed by atoms with Gasteiger partial charge in [-0.15, -0.1) is 45.3 Å². The maximum Gasteiger partial charge on any atom is 0.460 e. The molecule has 112 heavy (non-hydrogen) atoms. The minimum absolute atomic E-state index is 0.00803. The van der Waals surface area contributed by atoms with Gasteiger partial charge in [-0.2, -0.15) is 57.1 Å². The fraction of sp³-hybridized carbons (Fsp3) is 0.450. The van der Waals surface area contributed by atoms with Crippen molar-refractivity contribution in [1.29, 1.82) is 0 Å². The summed E-state index contributed by atoms with van der Waals surface area (Å²) >= 11 is 2.89. The summed E-state index contributed by atoms with van der Waals surface area (Å²) in [4.78, 5) is 26.2. The summed E-state index contributed by atoms with van der Waals surface area (Å²) in [7, 11) is 0. The number of alkyl halides is 13. The van der Waals surface area contributed by atoms with Gasteiger partial charge in [0, 0.05) is 34.6 Å². The lowest BCUT2D eigenvalue weighted by atomic mass is 9.87. The molecule has 0 aliphatic carbocycles. The van der Waals surface area contributed by atoms with E-state index in [0.29, 0.717) is 75.5 Å². The Labute approximate surface area is 653 Å². The van der Waals surface area contributed by atoms with Crippen LogP contribution >= 0.6 is 45.3 Å². The predicted molar refractivity (Wildman–Crippen MR) is 404 cm³/mol. The second kappa shape index (κ2) is 36.2. The van der Waals surface area contributed by atoms with Gasteiger partial charge in [-0.25, -0.2) is 9.59 Å². The van der Waals surface area contributed by atoms with Crippen molar-refractivity contribution in [2.45, 2.75) is 166 Å². The molecule has 0 bridgehead atoms. The van der Waals surface area contributed by atoms with Gasteiger partial charge in [0.2, 0.25) is 0 Å². The Hall–Kier alpha value is -8.75. The number of hydrogen-bond acceptors (Lipinski definition) is 17. The molecule has 7 heterocycles. The number of nitrogens with zero attached hydrogens (tertiary/aromatic N) is 1. The number of benzene rings is 4. The molecule has 2 N–H and O–H groups in total. The standard InChI is InChI=1S/C80H82F13NO14S4/c1-5-9-13-17-35-99-51-29-31-53(55(45-51)101-37-19-15-11-7-3)47-21-25-49(26-22-47)94(50-27-23-48(24-28-50)54-32-30-52(100-36-18-14-10-6-2)46-56(54)102-38-20-16-12-8-4)58-34-33-57(109-58)67-61-63(105-41-39-103-61)69(110-67)71-65-66(108-44-43-107-65)72(112-71)70-64-62(104-40-42-106-64)68(111-70)60(59(73(95)96)74(97)98)75(81,82)76(83,84)77(85,86)78(87,88)79(89,90)80(91,92)93/h21-34,45-46H,5-20,35-44H2,1-4H3,(H,95,96)(H,97,98). The number of halogens is 13. The first-order valence-corrected chi connectivity index (χ1v) is 40.2. The van der Waals surface area contributed by atoms with Crippen molar-refractivity contribution in [1.82, 2.24) is 0 Å². The molecule has 0 amide bonds. The van der Waals surface area contributed by atoms with Gasteiger partial charge in [0.1, 0.15) is 67.6 Å². The lowest BCUT2D eigenvalue weighted by Crippen LogP contribution is -2.70. The number of hydrogen-bond donors (Lipinski definition) is 2. The van der Waals surface area contributed by atoms with E-state index in [0.717, 1.165) is 148 Å². The maximum atomic E-state index is 16.8. The topological polar surface area (TPSA) is 170 Å². The lowest BCUT2D eigenvalue weighted by molar-refractivity contribution is -0.435. The summed E-state index contributed by atoms with van der Waals surface area (Å²) in [5, 5.41) is 20.8. The van der Waals surface area contributed by atoms with E-state index in [4.69, 9.17) is 47.4 Å². The number of ether oxygens (including phenoxy) is 10. The number of carbonyl (C=O) groups is 2. The Bertz CT molecular complexity index is 4460. The first-order valence-electron chi connectivity index (χ1n) is 36.9. The normalized spacial score (nSPS) is 13.8. The number of unbranched alkanes of at least 4 members (excludes halogenated alkanes) is 12. The van der Waals surface area contributed by atoms with Crippen molar-refractivity contribution in [3.8, 4) is 109 Å². The molecule has 4 aromatic carbocycles. The van der Waals surface area contributed by atoms with Crippen LogP contribution in [0, 0.1) is 0 Å². The smallest absolute Gasteiger partial charge is 0.460 e. The van der Waals surface area contributed by atoms with E-state index in [1.54, 1.807) is 0 Å². The van der Waals surface area contributed by atoms with Crippen LogP contribution in [0.15, 0.2) is 103 Å². The average molecular weight is 1660 g/mol. The lowest BCUT2D eigenvalue weighted by Gasteiger charge is -2.40. The van der Waals surface area contributed by atoms with Gasteiger partial charge in [0.25, 0.3) is 0 Å². The molecule has 32 heteroatoms. The van der Waals surface area contributed by atoms with Gasteiger partial charge < -0.3 is 62.5 Å². The highest BCUT2D eigenvalue weighted by Gasteiger charge is 2.91. The molecule has 0 saturated carbocycles. The quantitative estimate of drug-likeness (QED) is 0.0122. The molecule has 0 saturated heterocycles. The van der Waals surface area contributed by atoms with Crippen molar-refractivity contribution >= 4 is 79.2 Å². The second-order valence-electron chi connectivity index (χ2n) is 26.6. The molecule has 3 aliphatic heterocycles. The molecule has 0 spiro atoms. The number of anilines is 3. The molecule has 0 atom stereocenters. The van der Waals surface area contributed by atoms with E-state index in [9.17, 15) is 50.5 Å². The van der Waals surface area contributed by atoms with E-state index in [2.05, 4.69) is 32.6 Å². The van der Waals surface area contributed by atoms with Crippen molar-refractivity contribution in [2.75, 3.05) is 71.0 Å². The van der Waals surface area contributed by atoms with Crippen molar-refractivity contribution < 1.29 is 124 Å².